The zero-order chi connectivity index (χ0) is 18.5. The Bertz CT molecular complexity index is 624. The van der Waals surface area contributed by atoms with Crippen LogP contribution in [-0.4, -0.2) is 72.0 Å². The fourth-order valence-corrected chi connectivity index (χ4v) is 4.12. The number of nitrogens with zero attached hydrogens (tertiary/aromatic N) is 5. The van der Waals surface area contributed by atoms with Gasteiger partial charge >= 0.3 is 0 Å². The van der Waals surface area contributed by atoms with E-state index < -0.39 is 0 Å². The standard InChI is InChI=1S/C19H30N6O2/c20-17(24-10-12-25(13-11-24)18-21-8-5-9-22-18)23-14-16-15-26-19(27-16)6-3-1-2-4-7-19/h5,8-9,16H,1-4,6-7,10-15H2,(H2,20,23). The topological polar surface area (TPSA) is 89.1 Å². The molecule has 8 heteroatoms. The Morgan fingerprint density at radius 2 is 1.81 bits per heavy atom. The quantitative estimate of drug-likeness (QED) is 0.631. The van der Waals surface area contributed by atoms with Gasteiger partial charge in [0.2, 0.25) is 5.95 Å². The summed E-state index contributed by atoms with van der Waals surface area (Å²) >= 11 is 0. The highest BCUT2D eigenvalue weighted by Gasteiger charge is 2.41. The smallest absolute Gasteiger partial charge is 0.225 e. The van der Waals surface area contributed by atoms with E-state index in [-0.39, 0.29) is 11.9 Å². The molecule has 3 heterocycles. The van der Waals surface area contributed by atoms with E-state index in [4.69, 9.17) is 15.2 Å². The average molecular weight is 374 g/mol. The summed E-state index contributed by atoms with van der Waals surface area (Å²) in [5.41, 5.74) is 6.24. The van der Waals surface area contributed by atoms with Gasteiger partial charge in [0.1, 0.15) is 6.10 Å². The molecule has 0 radical (unpaired) electrons. The van der Waals surface area contributed by atoms with Gasteiger partial charge in [-0.15, -0.1) is 0 Å². The minimum Gasteiger partial charge on any atom is -0.370 e. The summed E-state index contributed by atoms with van der Waals surface area (Å²) in [6.45, 7) is 4.50. The fourth-order valence-electron chi connectivity index (χ4n) is 4.12. The van der Waals surface area contributed by atoms with Gasteiger partial charge in [0.15, 0.2) is 11.7 Å². The van der Waals surface area contributed by atoms with Crippen LogP contribution < -0.4 is 10.6 Å². The van der Waals surface area contributed by atoms with Crippen LogP contribution in [0.5, 0.6) is 0 Å². The zero-order valence-corrected chi connectivity index (χ0v) is 15.9. The van der Waals surface area contributed by atoms with Crippen LogP contribution in [0.3, 0.4) is 0 Å². The Labute approximate surface area is 160 Å². The van der Waals surface area contributed by atoms with Crippen LogP contribution >= 0.6 is 0 Å². The lowest BCUT2D eigenvalue weighted by Gasteiger charge is -2.35. The number of guanidine groups is 1. The predicted molar refractivity (Wildman–Crippen MR) is 104 cm³/mol. The Morgan fingerprint density at radius 1 is 1.11 bits per heavy atom. The summed E-state index contributed by atoms with van der Waals surface area (Å²) in [7, 11) is 0. The SMILES string of the molecule is NC(=NCC1COC2(CCCCCC2)O1)N1CCN(c2ncccn2)CC1. The van der Waals surface area contributed by atoms with Gasteiger partial charge in [0, 0.05) is 51.4 Å². The second-order valence-corrected chi connectivity index (χ2v) is 7.60. The fraction of sp³-hybridized carbons (Fsp3) is 0.737. The van der Waals surface area contributed by atoms with Crippen LogP contribution in [0.1, 0.15) is 38.5 Å². The van der Waals surface area contributed by atoms with E-state index in [0.29, 0.717) is 19.1 Å². The molecule has 1 aromatic rings. The van der Waals surface area contributed by atoms with Crippen molar-refractivity contribution >= 4 is 11.9 Å². The van der Waals surface area contributed by atoms with Crippen molar-refractivity contribution in [2.45, 2.75) is 50.4 Å². The third kappa shape index (κ3) is 4.50. The molecule has 0 aromatic carbocycles. The summed E-state index contributed by atoms with van der Waals surface area (Å²) < 4.78 is 12.3. The van der Waals surface area contributed by atoms with Crippen molar-refractivity contribution in [1.29, 1.82) is 0 Å². The van der Waals surface area contributed by atoms with Crippen LogP contribution in [-0.2, 0) is 9.47 Å². The molecular formula is C19H30N6O2. The normalized spacial score (nSPS) is 26.4. The lowest BCUT2D eigenvalue weighted by molar-refractivity contribution is -0.174. The molecule has 1 unspecified atom stereocenters. The molecule has 0 amide bonds. The first kappa shape index (κ1) is 18.4. The number of hydrogen-bond acceptors (Lipinski definition) is 6. The van der Waals surface area contributed by atoms with E-state index in [1.807, 2.05) is 6.07 Å². The van der Waals surface area contributed by atoms with Crippen LogP contribution in [0.4, 0.5) is 5.95 Å². The van der Waals surface area contributed by atoms with E-state index in [1.165, 1.54) is 25.7 Å². The van der Waals surface area contributed by atoms with Crippen molar-refractivity contribution < 1.29 is 9.47 Å². The van der Waals surface area contributed by atoms with E-state index in [2.05, 4.69) is 24.8 Å². The van der Waals surface area contributed by atoms with Crippen molar-refractivity contribution in [2.75, 3.05) is 44.2 Å². The van der Waals surface area contributed by atoms with Crippen LogP contribution in [0.2, 0.25) is 0 Å². The van der Waals surface area contributed by atoms with E-state index in [0.717, 1.165) is 45.0 Å². The maximum Gasteiger partial charge on any atom is 0.225 e. The average Bonchev–Trinajstić information content (AvgIpc) is 2.98. The van der Waals surface area contributed by atoms with Crippen LogP contribution in [0, 0.1) is 0 Å². The number of aliphatic imine (C=N–C) groups is 1. The number of anilines is 1. The van der Waals surface area contributed by atoms with Gasteiger partial charge in [-0.25, -0.2) is 9.97 Å². The van der Waals surface area contributed by atoms with Gasteiger partial charge in [0.05, 0.1) is 13.2 Å². The number of aromatic nitrogens is 2. The minimum atomic E-state index is -0.354. The van der Waals surface area contributed by atoms with Crippen LogP contribution in [0.15, 0.2) is 23.5 Å². The van der Waals surface area contributed by atoms with Gasteiger partial charge in [-0.05, 0) is 18.9 Å². The molecule has 2 aliphatic heterocycles. The molecule has 2 saturated heterocycles. The Morgan fingerprint density at radius 3 is 2.52 bits per heavy atom. The summed E-state index contributed by atoms with van der Waals surface area (Å²) in [4.78, 5) is 17.5. The number of piperazine rings is 1. The molecular weight excluding hydrogens is 344 g/mol. The van der Waals surface area contributed by atoms with Gasteiger partial charge in [0.25, 0.3) is 0 Å². The first-order valence-electron chi connectivity index (χ1n) is 10.1. The maximum absolute atomic E-state index is 6.25. The highest BCUT2D eigenvalue weighted by molar-refractivity contribution is 5.78. The highest BCUT2D eigenvalue weighted by atomic mass is 16.7. The Balaban J connectivity index is 1.25. The summed E-state index contributed by atoms with van der Waals surface area (Å²) in [6, 6.07) is 1.83. The molecule has 1 spiro atoms. The second kappa shape index (κ2) is 8.39. The van der Waals surface area contributed by atoms with Gasteiger partial charge in [-0.1, -0.05) is 12.8 Å². The van der Waals surface area contributed by atoms with E-state index in [9.17, 15) is 0 Å². The predicted octanol–water partition coefficient (Wildman–Crippen LogP) is 1.38. The number of hydrogen-bond donors (Lipinski definition) is 1. The molecule has 3 aliphatic rings. The summed E-state index contributed by atoms with van der Waals surface area (Å²) in [5.74, 6) is 1.01. The lowest BCUT2D eigenvalue weighted by atomic mass is 10.1. The number of ether oxygens (including phenoxy) is 2. The number of nitrogens with two attached hydrogens (primary N) is 1. The molecule has 1 atom stereocenters. The monoisotopic (exact) mass is 374 g/mol. The molecule has 1 saturated carbocycles. The van der Waals surface area contributed by atoms with Crippen molar-refractivity contribution in [3.05, 3.63) is 18.5 Å². The maximum atomic E-state index is 6.25. The van der Waals surface area contributed by atoms with Gasteiger partial charge in [-0.3, -0.25) is 4.99 Å². The molecule has 3 fully saturated rings. The Kier molecular flexibility index (Phi) is 5.73. The minimum absolute atomic E-state index is 0.0145. The molecule has 1 aliphatic carbocycles. The number of rotatable bonds is 3. The molecule has 2 N–H and O–H groups in total. The molecule has 27 heavy (non-hydrogen) atoms. The third-order valence-electron chi connectivity index (χ3n) is 5.67. The first-order chi connectivity index (χ1) is 13.2. The Hall–Kier alpha value is -1.93. The van der Waals surface area contributed by atoms with Crippen molar-refractivity contribution in [3.63, 3.8) is 0 Å². The van der Waals surface area contributed by atoms with E-state index >= 15 is 0 Å². The summed E-state index contributed by atoms with van der Waals surface area (Å²) in [5, 5.41) is 0. The first-order valence-corrected chi connectivity index (χ1v) is 10.1. The lowest BCUT2D eigenvalue weighted by Crippen LogP contribution is -2.51. The molecule has 1 aromatic heterocycles. The van der Waals surface area contributed by atoms with Crippen LogP contribution in [0.25, 0.3) is 0 Å². The largest absolute Gasteiger partial charge is 0.370 e. The molecule has 148 valence electrons. The highest BCUT2D eigenvalue weighted by Crippen LogP contribution is 2.36. The second-order valence-electron chi connectivity index (χ2n) is 7.60. The molecule has 0 bridgehead atoms. The van der Waals surface area contributed by atoms with Gasteiger partial charge < -0.3 is 25.0 Å². The zero-order valence-electron chi connectivity index (χ0n) is 15.9. The van der Waals surface area contributed by atoms with Crippen molar-refractivity contribution in [3.8, 4) is 0 Å². The van der Waals surface area contributed by atoms with Crippen molar-refractivity contribution in [2.24, 2.45) is 10.7 Å². The third-order valence-corrected chi connectivity index (χ3v) is 5.67. The van der Waals surface area contributed by atoms with E-state index in [1.54, 1.807) is 12.4 Å². The van der Waals surface area contributed by atoms with Gasteiger partial charge in [-0.2, -0.15) is 0 Å². The summed E-state index contributed by atoms with van der Waals surface area (Å²) in [6.07, 6.45) is 10.5. The molecule has 4 rings (SSSR count). The van der Waals surface area contributed by atoms with Crippen molar-refractivity contribution in [1.82, 2.24) is 14.9 Å². The molecule has 8 nitrogen and oxygen atoms in total.